The minimum Gasteiger partial charge on any atom is -0.385 e. The molecule has 0 saturated carbocycles. The lowest BCUT2D eigenvalue weighted by Gasteiger charge is -2.12. The number of benzene rings is 2. The molecule has 0 atom stereocenters. The summed E-state index contributed by atoms with van der Waals surface area (Å²) in [6, 6.07) is 12.9. The molecule has 1 N–H and O–H groups in total. The second-order valence-electron chi connectivity index (χ2n) is 6.53. The highest BCUT2D eigenvalue weighted by Crippen LogP contribution is 2.30. The molecular formula is C21H22Cl2N4O2S. The fourth-order valence-corrected chi connectivity index (χ4v) is 4.02. The minimum absolute atomic E-state index is 0.142. The number of anilines is 1. The molecule has 0 aliphatic rings. The van der Waals surface area contributed by atoms with Crippen LogP contribution in [0.15, 0.2) is 47.6 Å². The van der Waals surface area contributed by atoms with Gasteiger partial charge in [-0.3, -0.25) is 4.79 Å². The van der Waals surface area contributed by atoms with Crippen LogP contribution in [0.2, 0.25) is 10.0 Å². The summed E-state index contributed by atoms with van der Waals surface area (Å²) in [4.78, 5) is 12.5. The maximum Gasteiger partial charge on any atom is 0.234 e. The third kappa shape index (κ3) is 5.55. The molecule has 0 aliphatic heterocycles. The summed E-state index contributed by atoms with van der Waals surface area (Å²) in [6.07, 6.45) is 0.785. The first-order valence-corrected chi connectivity index (χ1v) is 11.1. The molecule has 30 heavy (non-hydrogen) atoms. The normalized spacial score (nSPS) is 10.9. The maximum absolute atomic E-state index is 12.5. The Bertz CT molecular complexity index is 1030. The average Bonchev–Trinajstić information content (AvgIpc) is 3.13. The van der Waals surface area contributed by atoms with Gasteiger partial charge in [-0.1, -0.05) is 53.2 Å². The summed E-state index contributed by atoms with van der Waals surface area (Å²) in [7, 11) is 1.67. The lowest BCUT2D eigenvalue weighted by molar-refractivity contribution is -0.113. The van der Waals surface area contributed by atoms with E-state index in [2.05, 4.69) is 15.5 Å². The molecule has 9 heteroatoms. The molecule has 0 spiro atoms. The van der Waals surface area contributed by atoms with Crippen LogP contribution in [0.4, 0.5) is 5.69 Å². The predicted octanol–water partition coefficient (Wildman–Crippen LogP) is 5.33. The molecule has 0 fully saturated rings. The Morgan fingerprint density at radius 3 is 2.67 bits per heavy atom. The van der Waals surface area contributed by atoms with Crippen LogP contribution in [0, 0.1) is 6.92 Å². The fraction of sp³-hybridized carbons (Fsp3) is 0.286. The van der Waals surface area contributed by atoms with E-state index < -0.39 is 0 Å². The summed E-state index contributed by atoms with van der Waals surface area (Å²) in [5.74, 6) is 0.720. The van der Waals surface area contributed by atoms with Crippen LogP contribution in [0.25, 0.3) is 11.4 Å². The van der Waals surface area contributed by atoms with Crippen molar-refractivity contribution in [1.82, 2.24) is 14.8 Å². The SMILES string of the molecule is COCCCn1c(SCC(=O)Nc2cccc(Cl)c2C)nnc1-c1ccccc1Cl. The average molecular weight is 465 g/mol. The molecule has 3 aromatic rings. The molecule has 0 saturated heterocycles. The highest BCUT2D eigenvalue weighted by molar-refractivity contribution is 7.99. The molecule has 6 nitrogen and oxygen atoms in total. The van der Waals surface area contributed by atoms with Gasteiger partial charge in [0.25, 0.3) is 0 Å². The van der Waals surface area contributed by atoms with Gasteiger partial charge in [0.15, 0.2) is 11.0 Å². The van der Waals surface area contributed by atoms with Crippen molar-refractivity contribution in [2.24, 2.45) is 0 Å². The summed E-state index contributed by atoms with van der Waals surface area (Å²) in [5.41, 5.74) is 2.34. The Kier molecular flexibility index (Phi) is 8.16. The molecule has 158 valence electrons. The minimum atomic E-state index is -0.142. The summed E-state index contributed by atoms with van der Waals surface area (Å²) >= 11 is 13.8. The highest BCUT2D eigenvalue weighted by atomic mass is 35.5. The first-order valence-electron chi connectivity index (χ1n) is 9.36. The summed E-state index contributed by atoms with van der Waals surface area (Å²) in [6.45, 7) is 3.13. The van der Waals surface area contributed by atoms with Gasteiger partial charge in [-0.2, -0.15) is 0 Å². The van der Waals surface area contributed by atoms with Gasteiger partial charge in [0, 0.05) is 36.5 Å². The van der Waals surface area contributed by atoms with Crippen LogP contribution in [0.5, 0.6) is 0 Å². The Morgan fingerprint density at radius 1 is 1.13 bits per heavy atom. The van der Waals surface area contributed by atoms with Crippen LogP contribution in [-0.2, 0) is 16.1 Å². The van der Waals surface area contributed by atoms with E-state index in [-0.39, 0.29) is 11.7 Å². The fourth-order valence-electron chi connectivity index (χ4n) is 2.87. The molecule has 0 aliphatic carbocycles. The Labute approximate surface area is 189 Å². The molecule has 2 aromatic carbocycles. The van der Waals surface area contributed by atoms with Crippen LogP contribution in [-0.4, -0.2) is 40.1 Å². The van der Waals surface area contributed by atoms with E-state index in [1.54, 1.807) is 19.2 Å². The van der Waals surface area contributed by atoms with Gasteiger partial charge in [0.2, 0.25) is 5.91 Å². The number of methoxy groups -OCH3 is 1. The smallest absolute Gasteiger partial charge is 0.234 e. The van der Waals surface area contributed by atoms with E-state index >= 15 is 0 Å². The van der Waals surface area contributed by atoms with Gasteiger partial charge < -0.3 is 14.6 Å². The van der Waals surface area contributed by atoms with Crippen LogP contribution in [0.3, 0.4) is 0 Å². The lowest BCUT2D eigenvalue weighted by atomic mass is 10.2. The Balaban J connectivity index is 1.75. The van der Waals surface area contributed by atoms with E-state index in [1.165, 1.54) is 11.8 Å². The van der Waals surface area contributed by atoms with Crippen LogP contribution in [0.1, 0.15) is 12.0 Å². The van der Waals surface area contributed by atoms with Gasteiger partial charge in [0.1, 0.15) is 0 Å². The van der Waals surface area contributed by atoms with E-state index in [4.69, 9.17) is 27.9 Å². The number of carbonyl (C=O) groups excluding carboxylic acids is 1. The van der Waals surface area contributed by atoms with Gasteiger partial charge >= 0.3 is 0 Å². The molecule has 3 rings (SSSR count). The first kappa shape index (κ1) is 22.6. The number of ether oxygens (including phenoxy) is 1. The Morgan fingerprint density at radius 2 is 1.90 bits per heavy atom. The van der Waals surface area contributed by atoms with Gasteiger partial charge in [0.05, 0.1) is 10.8 Å². The molecule has 1 aromatic heterocycles. The van der Waals surface area contributed by atoms with E-state index in [9.17, 15) is 4.79 Å². The number of thioether (sulfide) groups is 1. The number of halogens is 2. The van der Waals surface area contributed by atoms with Crippen LogP contribution >= 0.6 is 35.0 Å². The van der Waals surface area contributed by atoms with E-state index in [1.807, 2.05) is 41.8 Å². The van der Waals surface area contributed by atoms with Crippen molar-refractivity contribution in [1.29, 1.82) is 0 Å². The van der Waals surface area contributed by atoms with Crippen molar-refractivity contribution in [3.8, 4) is 11.4 Å². The third-order valence-corrected chi connectivity index (χ3v) is 6.14. The maximum atomic E-state index is 12.5. The van der Waals surface area contributed by atoms with Gasteiger partial charge in [-0.05, 0) is 43.2 Å². The molecular weight excluding hydrogens is 443 g/mol. The highest BCUT2D eigenvalue weighted by Gasteiger charge is 2.17. The number of rotatable bonds is 9. The summed E-state index contributed by atoms with van der Waals surface area (Å²) < 4.78 is 7.15. The molecule has 1 heterocycles. The van der Waals surface area contributed by atoms with Crippen molar-refractivity contribution in [3.05, 3.63) is 58.1 Å². The number of hydrogen-bond acceptors (Lipinski definition) is 5. The third-order valence-electron chi connectivity index (χ3n) is 4.44. The Hall–Kier alpha value is -2.06. The number of hydrogen-bond donors (Lipinski definition) is 1. The van der Waals surface area contributed by atoms with Crippen molar-refractivity contribution >= 4 is 46.6 Å². The monoisotopic (exact) mass is 464 g/mol. The van der Waals surface area contributed by atoms with Crippen molar-refractivity contribution in [2.75, 3.05) is 24.8 Å². The first-order chi connectivity index (χ1) is 14.5. The van der Waals surface area contributed by atoms with Crippen molar-refractivity contribution in [3.63, 3.8) is 0 Å². The number of aromatic nitrogens is 3. The lowest BCUT2D eigenvalue weighted by Crippen LogP contribution is -2.15. The van der Waals surface area contributed by atoms with E-state index in [0.29, 0.717) is 39.9 Å². The number of carbonyl (C=O) groups is 1. The van der Waals surface area contributed by atoms with Crippen LogP contribution < -0.4 is 5.32 Å². The van der Waals surface area contributed by atoms with Gasteiger partial charge in [-0.15, -0.1) is 10.2 Å². The largest absolute Gasteiger partial charge is 0.385 e. The zero-order chi connectivity index (χ0) is 21.5. The predicted molar refractivity (Wildman–Crippen MR) is 123 cm³/mol. The molecule has 0 unspecified atom stereocenters. The quantitative estimate of drug-likeness (QED) is 0.342. The number of amides is 1. The zero-order valence-corrected chi connectivity index (χ0v) is 19.0. The molecule has 0 radical (unpaired) electrons. The van der Waals surface area contributed by atoms with Crippen molar-refractivity contribution < 1.29 is 9.53 Å². The number of nitrogens with one attached hydrogen (secondary N) is 1. The van der Waals surface area contributed by atoms with Gasteiger partial charge in [-0.25, -0.2) is 0 Å². The molecule has 1 amide bonds. The van der Waals surface area contributed by atoms with E-state index in [0.717, 1.165) is 17.5 Å². The topological polar surface area (TPSA) is 69.0 Å². The zero-order valence-electron chi connectivity index (χ0n) is 16.7. The number of nitrogens with zero attached hydrogens (tertiary/aromatic N) is 3. The van der Waals surface area contributed by atoms with Crippen molar-refractivity contribution in [2.45, 2.75) is 25.0 Å². The molecule has 0 bridgehead atoms. The summed E-state index contributed by atoms with van der Waals surface area (Å²) in [5, 5.41) is 13.4. The second-order valence-corrected chi connectivity index (χ2v) is 8.29. The standard InChI is InChI=1S/C21H22Cl2N4O2S/c1-14-16(22)9-5-10-18(14)24-19(28)13-30-21-26-25-20(27(21)11-6-12-29-2)15-7-3-4-8-17(15)23/h3-5,7-10H,6,11-13H2,1-2H3,(H,24,28). The second kappa shape index (κ2) is 10.8.